The fraction of sp³-hybridized carbons (Fsp3) is 0.435. The monoisotopic (exact) mass is 408 g/mol. The third-order valence-electron chi connectivity index (χ3n) is 6.06. The average molecular weight is 409 g/mol. The molecule has 2 saturated heterocycles. The number of oxazole rings is 1. The topological polar surface area (TPSA) is 73.7 Å². The molecule has 5 rings (SSSR count). The van der Waals surface area contributed by atoms with Crippen LogP contribution < -0.4 is 20.7 Å². The van der Waals surface area contributed by atoms with Crippen LogP contribution in [0, 0.1) is 0 Å². The second-order valence-electron chi connectivity index (χ2n) is 8.14. The zero-order valence-corrected chi connectivity index (χ0v) is 17.1. The van der Waals surface area contributed by atoms with Crippen LogP contribution >= 0.6 is 0 Å². The van der Waals surface area contributed by atoms with Crippen molar-refractivity contribution < 1.29 is 9.15 Å². The van der Waals surface area contributed by atoms with Gasteiger partial charge < -0.3 is 19.4 Å². The summed E-state index contributed by atoms with van der Waals surface area (Å²) in [7, 11) is 0. The number of benzene rings is 2. The van der Waals surface area contributed by atoms with E-state index in [0.717, 1.165) is 75.6 Å². The summed E-state index contributed by atoms with van der Waals surface area (Å²) >= 11 is 0. The van der Waals surface area contributed by atoms with Gasteiger partial charge in [-0.05, 0) is 55.8 Å². The van der Waals surface area contributed by atoms with Crippen LogP contribution in [0.3, 0.4) is 0 Å². The molecule has 3 aromatic rings. The number of rotatable bonds is 5. The molecule has 2 N–H and O–H groups in total. The number of para-hydroxylation sites is 1. The predicted octanol–water partition coefficient (Wildman–Crippen LogP) is 2.57. The fourth-order valence-electron chi connectivity index (χ4n) is 4.39. The van der Waals surface area contributed by atoms with Gasteiger partial charge in [-0.3, -0.25) is 9.88 Å². The van der Waals surface area contributed by atoms with Crippen molar-refractivity contribution in [3.05, 3.63) is 58.6 Å². The van der Waals surface area contributed by atoms with Crippen LogP contribution in [-0.4, -0.2) is 55.3 Å². The van der Waals surface area contributed by atoms with Crippen molar-refractivity contribution in [2.24, 2.45) is 0 Å². The molecule has 0 radical (unpaired) electrons. The first kappa shape index (κ1) is 19.2. The third-order valence-corrected chi connectivity index (χ3v) is 6.06. The highest BCUT2D eigenvalue weighted by Crippen LogP contribution is 2.26. The molecular weight excluding hydrogens is 380 g/mol. The number of piperidine rings is 1. The van der Waals surface area contributed by atoms with Crippen LogP contribution in [0.2, 0.25) is 0 Å². The lowest BCUT2D eigenvalue weighted by atomic mass is 10.1. The van der Waals surface area contributed by atoms with E-state index in [9.17, 15) is 4.79 Å². The fourth-order valence-corrected chi connectivity index (χ4v) is 4.39. The maximum Gasteiger partial charge on any atom is 0.417 e. The molecule has 1 aromatic heterocycles. The van der Waals surface area contributed by atoms with E-state index in [1.807, 2.05) is 18.2 Å². The van der Waals surface area contributed by atoms with Gasteiger partial charge in [0.2, 0.25) is 0 Å². The summed E-state index contributed by atoms with van der Waals surface area (Å²) in [5.74, 6) is 0.570. The van der Waals surface area contributed by atoms with E-state index in [1.165, 1.54) is 5.56 Å². The van der Waals surface area contributed by atoms with Crippen LogP contribution in [0.25, 0.3) is 11.1 Å². The molecule has 2 fully saturated rings. The van der Waals surface area contributed by atoms with E-state index >= 15 is 0 Å². The molecule has 7 heteroatoms. The van der Waals surface area contributed by atoms with Crippen LogP contribution in [0.5, 0.6) is 5.75 Å². The summed E-state index contributed by atoms with van der Waals surface area (Å²) < 4.78 is 11.5. The van der Waals surface area contributed by atoms with Gasteiger partial charge in [-0.15, -0.1) is 0 Å². The first-order chi connectivity index (χ1) is 14.7. The minimum Gasteiger partial charge on any atom is -0.490 e. The molecule has 2 aromatic carbocycles. The highest BCUT2D eigenvalue weighted by atomic mass is 16.5. The number of nitrogens with zero attached hydrogens (tertiary/aromatic N) is 2. The van der Waals surface area contributed by atoms with Crippen molar-refractivity contribution in [1.82, 2.24) is 15.2 Å². The number of ether oxygens (including phenoxy) is 1. The maximum atomic E-state index is 11.6. The third kappa shape index (κ3) is 4.22. The van der Waals surface area contributed by atoms with Gasteiger partial charge in [-0.25, -0.2) is 4.79 Å². The van der Waals surface area contributed by atoms with Crippen molar-refractivity contribution >= 4 is 16.8 Å². The Morgan fingerprint density at radius 1 is 1.00 bits per heavy atom. The molecule has 0 amide bonds. The van der Waals surface area contributed by atoms with Crippen LogP contribution in [0.15, 0.2) is 51.7 Å². The second-order valence-corrected chi connectivity index (χ2v) is 8.14. The molecule has 2 aliphatic heterocycles. The number of fused-ring (bicyclic) bond motifs is 1. The number of H-pyrrole nitrogens is 1. The van der Waals surface area contributed by atoms with E-state index in [1.54, 1.807) is 0 Å². The molecule has 0 unspecified atom stereocenters. The van der Waals surface area contributed by atoms with Crippen molar-refractivity contribution in [2.75, 3.05) is 44.2 Å². The van der Waals surface area contributed by atoms with Crippen LogP contribution in [0.1, 0.15) is 18.4 Å². The summed E-state index contributed by atoms with van der Waals surface area (Å²) in [6.45, 7) is 6.77. The largest absolute Gasteiger partial charge is 0.490 e. The Labute approximate surface area is 175 Å². The zero-order valence-electron chi connectivity index (χ0n) is 17.1. The molecule has 0 aliphatic carbocycles. The Balaban J connectivity index is 1.16. The Bertz CT molecular complexity index is 1030. The molecular formula is C23H28N4O3. The lowest BCUT2D eigenvalue weighted by Crippen LogP contribution is -2.46. The lowest BCUT2D eigenvalue weighted by Gasteiger charge is -2.36. The quantitative estimate of drug-likeness (QED) is 0.676. The summed E-state index contributed by atoms with van der Waals surface area (Å²) in [5.41, 5.74) is 3.71. The number of hydrogen-bond donors (Lipinski definition) is 2. The van der Waals surface area contributed by atoms with Gasteiger partial charge in [0.1, 0.15) is 11.9 Å². The minimum absolute atomic E-state index is 0.332. The smallest absolute Gasteiger partial charge is 0.417 e. The zero-order chi connectivity index (χ0) is 20.3. The molecule has 2 aliphatic rings. The van der Waals surface area contributed by atoms with E-state index in [0.29, 0.717) is 11.7 Å². The number of piperazine rings is 1. The Morgan fingerprint density at radius 3 is 2.53 bits per heavy atom. The Morgan fingerprint density at radius 2 is 1.77 bits per heavy atom. The van der Waals surface area contributed by atoms with Gasteiger partial charge in [0.25, 0.3) is 0 Å². The number of nitrogens with one attached hydrogen (secondary N) is 2. The summed E-state index contributed by atoms with van der Waals surface area (Å²) in [5, 5.41) is 3.37. The first-order valence-corrected chi connectivity index (χ1v) is 10.8. The number of anilines is 1. The lowest BCUT2D eigenvalue weighted by molar-refractivity contribution is 0.162. The van der Waals surface area contributed by atoms with Gasteiger partial charge >= 0.3 is 5.76 Å². The van der Waals surface area contributed by atoms with Gasteiger partial charge in [-0.1, -0.05) is 18.2 Å². The molecule has 0 spiro atoms. The van der Waals surface area contributed by atoms with Crippen molar-refractivity contribution in [1.29, 1.82) is 0 Å². The SMILES string of the molecule is O=c1[nH]c2cccc(N3CCN(Cc4ccc(OC5CCNCC5)cc4)CC3)c2o1. The van der Waals surface area contributed by atoms with E-state index in [4.69, 9.17) is 9.15 Å². The van der Waals surface area contributed by atoms with Gasteiger partial charge in [0, 0.05) is 32.7 Å². The minimum atomic E-state index is -0.399. The molecule has 0 bridgehead atoms. The molecule has 3 heterocycles. The van der Waals surface area contributed by atoms with Crippen molar-refractivity contribution in [2.45, 2.75) is 25.5 Å². The van der Waals surface area contributed by atoms with Gasteiger partial charge in [0.05, 0.1) is 11.2 Å². The Kier molecular flexibility index (Phi) is 5.46. The molecule has 7 nitrogen and oxygen atoms in total. The van der Waals surface area contributed by atoms with E-state index in [-0.39, 0.29) is 0 Å². The predicted molar refractivity (Wildman–Crippen MR) is 117 cm³/mol. The molecule has 30 heavy (non-hydrogen) atoms. The van der Waals surface area contributed by atoms with Crippen molar-refractivity contribution in [3.63, 3.8) is 0 Å². The number of hydrogen-bond acceptors (Lipinski definition) is 6. The summed E-state index contributed by atoms with van der Waals surface area (Å²) in [6, 6.07) is 14.4. The van der Waals surface area contributed by atoms with E-state index < -0.39 is 5.76 Å². The summed E-state index contributed by atoms with van der Waals surface area (Å²) in [4.78, 5) is 19.1. The maximum absolute atomic E-state index is 11.6. The van der Waals surface area contributed by atoms with Gasteiger partial charge in [0.15, 0.2) is 5.58 Å². The van der Waals surface area contributed by atoms with Crippen LogP contribution in [0.4, 0.5) is 5.69 Å². The van der Waals surface area contributed by atoms with Gasteiger partial charge in [-0.2, -0.15) is 0 Å². The normalized spacial score (nSPS) is 18.7. The number of aromatic amines is 1. The summed E-state index contributed by atoms with van der Waals surface area (Å²) in [6.07, 6.45) is 2.48. The molecule has 0 saturated carbocycles. The van der Waals surface area contributed by atoms with Crippen LogP contribution in [-0.2, 0) is 6.54 Å². The standard InChI is InChI=1S/C23H28N4O3/c28-23-25-20-2-1-3-21(22(20)30-23)27-14-12-26(13-15-27)16-17-4-6-18(7-5-17)29-19-8-10-24-11-9-19/h1-7,19,24H,8-16H2,(H,25,28). The molecule has 158 valence electrons. The number of aromatic nitrogens is 1. The highest BCUT2D eigenvalue weighted by molar-refractivity contribution is 5.86. The van der Waals surface area contributed by atoms with Crippen molar-refractivity contribution in [3.8, 4) is 5.75 Å². The Hall–Kier alpha value is -2.77. The first-order valence-electron chi connectivity index (χ1n) is 10.8. The highest BCUT2D eigenvalue weighted by Gasteiger charge is 2.20. The molecule has 0 atom stereocenters. The second kappa shape index (κ2) is 8.53. The average Bonchev–Trinajstić information content (AvgIpc) is 3.17. The van der Waals surface area contributed by atoms with E-state index in [2.05, 4.69) is 44.4 Å².